The minimum atomic E-state index is 0.300. The van der Waals surface area contributed by atoms with Crippen molar-refractivity contribution in [2.24, 2.45) is 5.73 Å². The first-order valence-corrected chi connectivity index (χ1v) is 8.36. The molecule has 104 valence electrons. The third-order valence-electron chi connectivity index (χ3n) is 4.42. The smallest absolute Gasteiger partial charge is 0.0263 e. The van der Waals surface area contributed by atoms with Gasteiger partial charge in [-0.15, -0.1) is 11.8 Å². The second-order valence-corrected chi connectivity index (χ2v) is 7.31. The molecular formula is C16H24N2S. The number of benzene rings is 1. The van der Waals surface area contributed by atoms with Crippen molar-refractivity contribution in [2.45, 2.75) is 54.8 Å². The molecule has 3 rings (SSSR count). The molecule has 1 saturated heterocycles. The molecule has 0 amide bonds. The van der Waals surface area contributed by atoms with Crippen LogP contribution in [0.15, 0.2) is 29.2 Å². The van der Waals surface area contributed by atoms with E-state index < -0.39 is 0 Å². The summed E-state index contributed by atoms with van der Waals surface area (Å²) in [5.41, 5.74) is 7.70. The molecule has 0 aliphatic carbocycles. The van der Waals surface area contributed by atoms with E-state index >= 15 is 0 Å². The number of hydrogen-bond acceptors (Lipinski definition) is 3. The molecule has 2 aliphatic rings. The van der Waals surface area contributed by atoms with E-state index in [-0.39, 0.29) is 0 Å². The number of piperidine rings is 1. The Morgan fingerprint density at radius 2 is 2.21 bits per heavy atom. The van der Waals surface area contributed by atoms with Crippen LogP contribution in [0.25, 0.3) is 0 Å². The SMILES string of the molecule is CC(N)C1CCCCN1CC1Cc2ccccc2S1. The number of nitrogens with zero attached hydrogens (tertiary/aromatic N) is 1. The second kappa shape index (κ2) is 5.86. The molecule has 1 fully saturated rings. The van der Waals surface area contributed by atoms with Crippen LogP contribution in [0, 0.1) is 0 Å². The Balaban J connectivity index is 1.63. The average Bonchev–Trinajstić information content (AvgIpc) is 2.81. The molecule has 0 spiro atoms. The Labute approximate surface area is 120 Å². The summed E-state index contributed by atoms with van der Waals surface area (Å²) in [5.74, 6) is 0. The fourth-order valence-corrected chi connectivity index (χ4v) is 4.80. The van der Waals surface area contributed by atoms with Crippen molar-refractivity contribution in [3.05, 3.63) is 29.8 Å². The van der Waals surface area contributed by atoms with Gasteiger partial charge in [-0.3, -0.25) is 4.90 Å². The normalized spacial score (nSPS) is 29.2. The van der Waals surface area contributed by atoms with Crippen LogP contribution in [0.1, 0.15) is 31.7 Å². The summed E-state index contributed by atoms with van der Waals surface area (Å²) in [4.78, 5) is 4.14. The van der Waals surface area contributed by atoms with Gasteiger partial charge in [0.25, 0.3) is 0 Å². The highest BCUT2D eigenvalue weighted by molar-refractivity contribution is 8.00. The highest BCUT2D eigenvalue weighted by Crippen LogP contribution is 2.37. The molecule has 0 aromatic heterocycles. The molecule has 3 unspecified atom stereocenters. The predicted octanol–water partition coefficient (Wildman–Crippen LogP) is 2.91. The minimum absolute atomic E-state index is 0.300. The molecule has 19 heavy (non-hydrogen) atoms. The minimum Gasteiger partial charge on any atom is -0.327 e. The van der Waals surface area contributed by atoms with Crippen molar-refractivity contribution in [2.75, 3.05) is 13.1 Å². The largest absolute Gasteiger partial charge is 0.327 e. The monoisotopic (exact) mass is 276 g/mol. The highest BCUT2D eigenvalue weighted by atomic mass is 32.2. The fraction of sp³-hybridized carbons (Fsp3) is 0.625. The molecule has 2 N–H and O–H groups in total. The van der Waals surface area contributed by atoms with Crippen LogP contribution >= 0.6 is 11.8 Å². The Morgan fingerprint density at radius 3 is 3.00 bits per heavy atom. The van der Waals surface area contributed by atoms with Gasteiger partial charge in [0.15, 0.2) is 0 Å². The number of nitrogens with two attached hydrogens (primary N) is 1. The summed E-state index contributed by atoms with van der Waals surface area (Å²) in [5, 5.41) is 0.719. The summed E-state index contributed by atoms with van der Waals surface area (Å²) >= 11 is 2.06. The van der Waals surface area contributed by atoms with Crippen LogP contribution in [0.5, 0.6) is 0 Å². The average molecular weight is 276 g/mol. The van der Waals surface area contributed by atoms with Gasteiger partial charge in [-0.1, -0.05) is 24.6 Å². The van der Waals surface area contributed by atoms with E-state index in [4.69, 9.17) is 5.73 Å². The molecule has 0 saturated carbocycles. The second-order valence-electron chi connectivity index (χ2n) is 5.97. The first-order valence-electron chi connectivity index (χ1n) is 7.48. The van der Waals surface area contributed by atoms with Gasteiger partial charge < -0.3 is 5.73 Å². The van der Waals surface area contributed by atoms with Gasteiger partial charge in [0.05, 0.1) is 0 Å². The predicted molar refractivity (Wildman–Crippen MR) is 82.7 cm³/mol. The third kappa shape index (κ3) is 2.99. The molecule has 3 atom stereocenters. The van der Waals surface area contributed by atoms with E-state index in [1.165, 1.54) is 49.2 Å². The molecule has 2 aliphatic heterocycles. The van der Waals surface area contributed by atoms with Crippen molar-refractivity contribution in [3.8, 4) is 0 Å². The van der Waals surface area contributed by atoms with Crippen LogP contribution in [0.4, 0.5) is 0 Å². The fourth-order valence-electron chi connectivity index (χ4n) is 3.46. The molecule has 2 heterocycles. The third-order valence-corrected chi connectivity index (χ3v) is 5.72. The number of rotatable bonds is 3. The molecule has 1 aromatic rings. The topological polar surface area (TPSA) is 29.3 Å². The van der Waals surface area contributed by atoms with Gasteiger partial charge in [-0.25, -0.2) is 0 Å². The lowest BCUT2D eigenvalue weighted by Gasteiger charge is -2.39. The van der Waals surface area contributed by atoms with Crippen molar-refractivity contribution >= 4 is 11.8 Å². The molecular weight excluding hydrogens is 252 g/mol. The first-order chi connectivity index (χ1) is 9.24. The van der Waals surface area contributed by atoms with E-state index in [2.05, 4.69) is 47.9 Å². The summed E-state index contributed by atoms with van der Waals surface area (Å²) in [6.45, 7) is 4.60. The highest BCUT2D eigenvalue weighted by Gasteiger charge is 2.30. The van der Waals surface area contributed by atoms with Crippen LogP contribution in [-0.2, 0) is 6.42 Å². The van der Waals surface area contributed by atoms with Crippen LogP contribution in [0.2, 0.25) is 0 Å². The Kier molecular flexibility index (Phi) is 4.15. The first kappa shape index (κ1) is 13.5. The van der Waals surface area contributed by atoms with E-state index in [1.54, 1.807) is 0 Å². The van der Waals surface area contributed by atoms with Crippen molar-refractivity contribution in [1.82, 2.24) is 4.90 Å². The van der Waals surface area contributed by atoms with Gasteiger partial charge >= 0.3 is 0 Å². The zero-order valence-corrected chi connectivity index (χ0v) is 12.5. The number of hydrogen-bond donors (Lipinski definition) is 1. The summed E-state index contributed by atoms with van der Waals surface area (Å²) in [6, 6.07) is 9.75. The summed E-state index contributed by atoms with van der Waals surface area (Å²) in [6.07, 6.45) is 5.19. The Hall–Kier alpha value is -0.510. The van der Waals surface area contributed by atoms with Gasteiger partial charge in [0.1, 0.15) is 0 Å². The molecule has 0 radical (unpaired) electrons. The van der Waals surface area contributed by atoms with Gasteiger partial charge in [0, 0.05) is 28.8 Å². The molecule has 0 bridgehead atoms. The van der Waals surface area contributed by atoms with E-state index in [0.29, 0.717) is 12.1 Å². The number of likely N-dealkylation sites (tertiary alicyclic amines) is 1. The summed E-state index contributed by atoms with van der Waals surface area (Å²) < 4.78 is 0. The maximum Gasteiger partial charge on any atom is 0.0263 e. The zero-order valence-electron chi connectivity index (χ0n) is 11.7. The standard InChI is InChI=1S/C16H24N2S/c1-12(17)15-7-4-5-9-18(15)11-14-10-13-6-2-3-8-16(13)19-14/h2-3,6,8,12,14-15H,4-5,7,9-11,17H2,1H3. The van der Waals surface area contributed by atoms with E-state index in [1.807, 2.05) is 0 Å². The van der Waals surface area contributed by atoms with E-state index in [9.17, 15) is 0 Å². The number of fused-ring (bicyclic) bond motifs is 1. The molecule has 1 aromatic carbocycles. The zero-order chi connectivity index (χ0) is 13.2. The maximum atomic E-state index is 6.17. The van der Waals surface area contributed by atoms with Gasteiger partial charge in [0.2, 0.25) is 0 Å². The van der Waals surface area contributed by atoms with Crippen LogP contribution in [-0.4, -0.2) is 35.3 Å². The van der Waals surface area contributed by atoms with Gasteiger partial charge in [-0.2, -0.15) is 0 Å². The van der Waals surface area contributed by atoms with Crippen molar-refractivity contribution < 1.29 is 0 Å². The lowest BCUT2D eigenvalue weighted by molar-refractivity contribution is 0.131. The lowest BCUT2D eigenvalue weighted by atomic mass is 9.96. The maximum absolute atomic E-state index is 6.17. The molecule has 2 nitrogen and oxygen atoms in total. The van der Waals surface area contributed by atoms with Crippen LogP contribution in [0.3, 0.4) is 0 Å². The summed E-state index contributed by atoms with van der Waals surface area (Å²) in [7, 11) is 0. The Morgan fingerprint density at radius 1 is 1.37 bits per heavy atom. The van der Waals surface area contributed by atoms with Crippen LogP contribution < -0.4 is 5.73 Å². The molecule has 3 heteroatoms. The lowest BCUT2D eigenvalue weighted by Crippen LogP contribution is -2.51. The quantitative estimate of drug-likeness (QED) is 0.920. The van der Waals surface area contributed by atoms with Crippen molar-refractivity contribution in [1.29, 1.82) is 0 Å². The Bertz CT molecular complexity index is 408. The van der Waals surface area contributed by atoms with Crippen molar-refractivity contribution in [3.63, 3.8) is 0 Å². The van der Waals surface area contributed by atoms with E-state index in [0.717, 1.165) is 5.25 Å². The van der Waals surface area contributed by atoms with Gasteiger partial charge in [-0.05, 0) is 44.4 Å². The number of thioether (sulfide) groups is 1.